The van der Waals surface area contributed by atoms with Gasteiger partial charge in [0.15, 0.2) is 18.4 Å². The van der Waals surface area contributed by atoms with Gasteiger partial charge in [-0.1, -0.05) is 24.3 Å². The van der Waals surface area contributed by atoms with E-state index in [0.717, 1.165) is 17.7 Å². The van der Waals surface area contributed by atoms with Crippen LogP contribution in [0.5, 0.6) is 0 Å². The quantitative estimate of drug-likeness (QED) is 0.777. The van der Waals surface area contributed by atoms with Crippen molar-refractivity contribution in [2.75, 3.05) is 13.2 Å². The van der Waals surface area contributed by atoms with E-state index in [9.17, 15) is 0 Å². The summed E-state index contributed by atoms with van der Waals surface area (Å²) in [5, 5.41) is 0. The fraction of sp³-hybridized carbons (Fsp3) is 0.647. The number of rotatable bonds is 2. The molecule has 0 aromatic heterocycles. The minimum atomic E-state index is -0.642. The Morgan fingerprint density at radius 2 is 1.70 bits per heavy atom. The second-order valence-electron chi connectivity index (χ2n) is 6.86. The zero-order valence-electron chi connectivity index (χ0n) is 13.1. The van der Waals surface area contributed by atoms with E-state index in [1.807, 2.05) is 32.0 Å². The Morgan fingerprint density at radius 3 is 2.48 bits per heavy atom. The van der Waals surface area contributed by atoms with Crippen molar-refractivity contribution in [2.24, 2.45) is 0 Å². The van der Waals surface area contributed by atoms with Gasteiger partial charge in [-0.05, 0) is 19.4 Å². The van der Waals surface area contributed by atoms with Crippen molar-refractivity contribution < 1.29 is 28.4 Å². The summed E-state index contributed by atoms with van der Waals surface area (Å²) in [7, 11) is 0. The first-order valence-corrected chi connectivity index (χ1v) is 8.09. The van der Waals surface area contributed by atoms with Gasteiger partial charge in [0.1, 0.15) is 24.4 Å². The lowest BCUT2D eigenvalue weighted by Crippen LogP contribution is -2.44. The standard InChI is InChI=1S/C17H20O6/c1-17(2)22-14-13-12(20-16(14)23-17)8-19-15(21-13)10-6-4-3-5-9(10)11-7-18-11/h3-6,11-16H,7-8H2,1-2H3/t11-,12-,13+,14-,15+,16-/m1/s1. The van der Waals surface area contributed by atoms with E-state index in [-0.39, 0.29) is 30.7 Å². The number of hydrogen-bond acceptors (Lipinski definition) is 6. The average Bonchev–Trinajstić information content (AvgIpc) is 3.26. The third-order valence-corrected chi connectivity index (χ3v) is 4.71. The maximum absolute atomic E-state index is 6.21. The maximum Gasteiger partial charge on any atom is 0.190 e. The Hall–Kier alpha value is -1.02. The van der Waals surface area contributed by atoms with E-state index in [2.05, 4.69) is 6.07 Å². The van der Waals surface area contributed by atoms with Crippen LogP contribution in [0.3, 0.4) is 0 Å². The second kappa shape index (κ2) is 4.99. The Bertz CT molecular complexity index is 613. The fourth-order valence-corrected chi connectivity index (χ4v) is 3.62. The van der Waals surface area contributed by atoms with E-state index in [4.69, 9.17) is 28.4 Å². The smallest absolute Gasteiger partial charge is 0.190 e. The minimum absolute atomic E-state index is 0.151. The highest BCUT2D eigenvalue weighted by Gasteiger charge is 2.57. The molecule has 4 saturated heterocycles. The Kier molecular flexibility index (Phi) is 3.11. The molecule has 0 saturated carbocycles. The summed E-state index contributed by atoms with van der Waals surface area (Å²) in [4.78, 5) is 0. The summed E-state index contributed by atoms with van der Waals surface area (Å²) >= 11 is 0. The van der Waals surface area contributed by atoms with Crippen LogP contribution in [-0.4, -0.2) is 43.6 Å². The van der Waals surface area contributed by atoms with Crippen LogP contribution >= 0.6 is 0 Å². The van der Waals surface area contributed by atoms with Crippen LogP contribution < -0.4 is 0 Å². The van der Waals surface area contributed by atoms with Gasteiger partial charge < -0.3 is 28.4 Å². The summed E-state index contributed by atoms with van der Waals surface area (Å²) in [5.41, 5.74) is 2.16. The molecular weight excluding hydrogens is 300 g/mol. The lowest BCUT2D eigenvalue weighted by Gasteiger charge is -2.34. The average molecular weight is 320 g/mol. The summed E-state index contributed by atoms with van der Waals surface area (Å²) in [6.45, 7) is 5.00. The first kappa shape index (κ1) is 14.3. The zero-order valence-corrected chi connectivity index (χ0v) is 13.1. The van der Waals surface area contributed by atoms with Crippen LogP contribution in [0, 0.1) is 0 Å². The van der Waals surface area contributed by atoms with Gasteiger partial charge in [-0.2, -0.15) is 0 Å². The molecule has 0 bridgehead atoms. The Balaban J connectivity index is 1.39. The molecule has 4 aliphatic rings. The van der Waals surface area contributed by atoms with Crippen molar-refractivity contribution in [1.82, 2.24) is 0 Å². The molecular formula is C17H20O6. The van der Waals surface area contributed by atoms with Crippen LogP contribution in [0.2, 0.25) is 0 Å². The Morgan fingerprint density at radius 1 is 0.913 bits per heavy atom. The molecule has 6 nitrogen and oxygen atoms in total. The third kappa shape index (κ3) is 2.41. The number of hydrogen-bond donors (Lipinski definition) is 0. The van der Waals surface area contributed by atoms with E-state index in [0.29, 0.717) is 6.61 Å². The van der Waals surface area contributed by atoms with Crippen LogP contribution in [0.4, 0.5) is 0 Å². The molecule has 23 heavy (non-hydrogen) atoms. The molecule has 5 rings (SSSR count). The van der Waals surface area contributed by atoms with E-state index in [1.165, 1.54) is 0 Å². The van der Waals surface area contributed by atoms with Gasteiger partial charge in [-0.15, -0.1) is 0 Å². The molecule has 4 fully saturated rings. The van der Waals surface area contributed by atoms with Crippen molar-refractivity contribution in [3.05, 3.63) is 35.4 Å². The zero-order chi connectivity index (χ0) is 15.6. The van der Waals surface area contributed by atoms with Gasteiger partial charge in [0.25, 0.3) is 0 Å². The summed E-state index contributed by atoms with van der Waals surface area (Å²) in [6, 6.07) is 8.10. The van der Waals surface area contributed by atoms with Gasteiger partial charge in [0, 0.05) is 5.56 Å². The number of ether oxygens (including phenoxy) is 6. The van der Waals surface area contributed by atoms with Crippen molar-refractivity contribution in [3.8, 4) is 0 Å². The minimum Gasteiger partial charge on any atom is -0.368 e. The molecule has 0 N–H and O–H groups in total. The molecule has 1 aromatic carbocycles. The van der Waals surface area contributed by atoms with Gasteiger partial charge in [0.05, 0.1) is 13.2 Å². The number of fused-ring (bicyclic) bond motifs is 3. The van der Waals surface area contributed by atoms with Crippen molar-refractivity contribution in [3.63, 3.8) is 0 Å². The fourth-order valence-electron chi connectivity index (χ4n) is 3.62. The largest absolute Gasteiger partial charge is 0.368 e. The molecule has 1 aromatic rings. The lowest BCUT2D eigenvalue weighted by atomic mass is 10.0. The second-order valence-corrected chi connectivity index (χ2v) is 6.86. The lowest BCUT2D eigenvalue weighted by molar-refractivity contribution is -0.285. The molecule has 4 heterocycles. The predicted molar refractivity (Wildman–Crippen MR) is 77.4 cm³/mol. The highest BCUT2D eigenvalue weighted by molar-refractivity contribution is 5.32. The highest BCUT2D eigenvalue weighted by atomic mass is 16.9. The summed E-state index contributed by atoms with van der Waals surface area (Å²) in [5.74, 6) is -0.642. The molecule has 4 aliphatic heterocycles. The SMILES string of the molecule is CC1(C)O[C@H]2O[C@@H]3CO[C@H](c4ccccc4[C@H]4CO4)O[C@@H]3[C@H]2O1. The van der Waals surface area contributed by atoms with E-state index in [1.54, 1.807) is 0 Å². The van der Waals surface area contributed by atoms with E-state index < -0.39 is 12.1 Å². The molecule has 0 amide bonds. The highest BCUT2D eigenvalue weighted by Crippen LogP contribution is 2.44. The van der Waals surface area contributed by atoms with Gasteiger partial charge in [0.2, 0.25) is 0 Å². The summed E-state index contributed by atoms with van der Waals surface area (Å²) < 4.78 is 35.2. The van der Waals surface area contributed by atoms with Crippen molar-refractivity contribution >= 4 is 0 Å². The first-order valence-electron chi connectivity index (χ1n) is 8.09. The predicted octanol–water partition coefficient (Wildman–Crippen LogP) is 2.05. The molecule has 6 heteroatoms. The molecule has 6 atom stereocenters. The van der Waals surface area contributed by atoms with Gasteiger partial charge >= 0.3 is 0 Å². The molecule has 124 valence electrons. The molecule has 0 aliphatic carbocycles. The Labute approximate surface area is 134 Å². The normalized spacial score (nSPS) is 43.9. The van der Waals surface area contributed by atoms with Crippen LogP contribution in [0.1, 0.15) is 37.4 Å². The number of epoxide rings is 1. The molecule has 0 unspecified atom stereocenters. The third-order valence-electron chi connectivity index (χ3n) is 4.71. The molecule has 0 radical (unpaired) electrons. The van der Waals surface area contributed by atoms with Gasteiger partial charge in [-0.3, -0.25) is 0 Å². The van der Waals surface area contributed by atoms with E-state index >= 15 is 0 Å². The monoisotopic (exact) mass is 320 g/mol. The van der Waals surface area contributed by atoms with Crippen LogP contribution in [0.25, 0.3) is 0 Å². The topological polar surface area (TPSA) is 58.7 Å². The first-order chi connectivity index (χ1) is 11.1. The summed E-state index contributed by atoms with van der Waals surface area (Å²) in [6.07, 6.45) is -1.20. The van der Waals surface area contributed by atoms with Crippen LogP contribution in [0.15, 0.2) is 24.3 Å². The van der Waals surface area contributed by atoms with Crippen molar-refractivity contribution in [2.45, 2.75) is 56.6 Å². The van der Waals surface area contributed by atoms with Gasteiger partial charge in [-0.25, -0.2) is 0 Å². The maximum atomic E-state index is 6.21. The van der Waals surface area contributed by atoms with Crippen molar-refractivity contribution in [1.29, 1.82) is 0 Å². The van der Waals surface area contributed by atoms with Crippen LogP contribution in [-0.2, 0) is 28.4 Å². The number of benzene rings is 1. The molecule has 0 spiro atoms.